The lowest BCUT2D eigenvalue weighted by molar-refractivity contribution is -0.138. The summed E-state index contributed by atoms with van der Waals surface area (Å²) in [4.78, 5) is 10.5. The van der Waals surface area contributed by atoms with Gasteiger partial charge in [0.05, 0.1) is 15.7 Å². The monoisotopic (exact) mass is 262 g/mol. The molecule has 1 atom stereocenters. The molecule has 1 unspecified atom stereocenters. The third-order valence-corrected chi connectivity index (χ3v) is 2.86. The number of carbonyl (C=O) groups is 1. The third kappa shape index (κ3) is 3.56. The summed E-state index contributed by atoms with van der Waals surface area (Å²) in [5.41, 5.74) is 6.02. The Labute approximate surface area is 103 Å². The van der Waals surface area contributed by atoms with Crippen molar-refractivity contribution in [2.24, 2.45) is 5.73 Å². The predicted molar refractivity (Wildman–Crippen MR) is 65.2 cm³/mol. The lowest BCUT2D eigenvalue weighted by atomic mass is 10.2. The highest BCUT2D eigenvalue weighted by Crippen LogP contribution is 2.29. The molecule has 4 N–H and O–H groups in total. The van der Waals surface area contributed by atoms with Crippen LogP contribution in [0.15, 0.2) is 18.2 Å². The van der Waals surface area contributed by atoms with Gasteiger partial charge in [-0.15, -0.1) is 0 Å². The standard InChI is InChI=1S/C10H12Cl2N2O2/c11-6-2-1-3-8(9(6)12)14-5-4-7(13)10(15)16/h1-3,7,14H,4-5,13H2,(H,15,16). The number of rotatable bonds is 5. The molecule has 6 heteroatoms. The minimum atomic E-state index is -1.01. The van der Waals surface area contributed by atoms with Crippen molar-refractivity contribution in [1.29, 1.82) is 0 Å². The quantitative estimate of drug-likeness (QED) is 0.761. The van der Waals surface area contributed by atoms with Gasteiger partial charge in [-0.05, 0) is 18.6 Å². The van der Waals surface area contributed by atoms with Crippen molar-refractivity contribution in [3.05, 3.63) is 28.2 Å². The van der Waals surface area contributed by atoms with E-state index in [1.54, 1.807) is 18.2 Å². The molecule has 88 valence electrons. The lowest BCUT2D eigenvalue weighted by Gasteiger charge is -2.10. The highest BCUT2D eigenvalue weighted by molar-refractivity contribution is 6.43. The van der Waals surface area contributed by atoms with E-state index in [1.807, 2.05) is 0 Å². The number of anilines is 1. The number of benzene rings is 1. The number of hydrogen-bond donors (Lipinski definition) is 3. The number of nitrogens with two attached hydrogens (primary N) is 1. The summed E-state index contributed by atoms with van der Waals surface area (Å²) in [7, 11) is 0. The van der Waals surface area contributed by atoms with Crippen molar-refractivity contribution < 1.29 is 9.90 Å². The fourth-order valence-corrected chi connectivity index (χ4v) is 1.49. The Morgan fingerprint density at radius 2 is 2.19 bits per heavy atom. The van der Waals surface area contributed by atoms with Gasteiger partial charge in [0.25, 0.3) is 0 Å². The van der Waals surface area contributed by atoms with Crippen LogP contribution in [0.25, 0.3) is 0 Å². The smallest absolute Gasteiger partial charge is 0.320 e. The van der Waals surface area contributed by atoms with E-state index >= 15 is 0 Å². The van der Waals surface area contributed by atoms with E-state index < -0.39 is 12.0 Å². The molecule has 0 heterocycles. The van der Waals surface area contributed by atoms with Crippen LogP contribution in [0.1, 0.15) is 6.42 Å². The van der Waals surface area contributed by atoms with Crippen LogP contribution < -0.4 is 11.1 Å². The number of hydrogen-bond acceptors (Lipinski definition) is 3. The van der Waals surface area contributed by atoms with Crippen LogP contribution >= 0.6 is 23.2 Å². The maximum atomic E-state index is 10.5. The molecule has 1 aromatic rings. The number of carboxylic acid groups (broad SMARTS) is 1. The summed E-state index contributed by atoms with van der Waals surface area (Å²) in [6.45, 7) is 0.424. The maximum absolute atomic E-state index is 10.5. The molecular weight excluding hydrogens is 251 g/mol. The molecule has 0 bridgehead atoms. The maximum Gasteiger partial charge on any atom is 0.320 e. The molecule has 0 aliphatic heterocycles. The molecule has 0 aliphatic carbocycles. The minimum absolute atomic E-state index is 0.318. The summed E-state index contributed by atoms with van der Waals surface area (Å²) < 4.78 is 0. The summed E-state index contributed by atoms with van der Waals surface area (Å²) in [6.07, 6.45) is 0.318. The van der Waals surface area contributed by atoms with Crippen LogP contribution in [-0.4, -0.2) is 23.7 Å². The highest BCUT2D eigenvalue weighted by Gasteiger charge is 2.11. The van der Waals surface area contributed by atoms with Gasteiger partial charge in [0, 0.05) is 6.54 Å². The van der Waals surface area contributed by atoms with E-state index in [1.165, 1.54) is 0 Å². The van der Waals surface area contributed by atoms with Crippen LogP contribution in [0.5, 0.6) is 0 Å². The van der Waals surface area contributed by atoms with Gasteiger partial charge in [-0.25, -0.2) is 0 Å². The van der Waals surface area contributed by atoms with Crippen LogP contribution in [0, 0.1) is 0 Å². The molecule has 0 saturated carbocycles. The minimum Gasteiger partial charge on any atom is -0.480 e. The number of halogens is 2. The first-order valence-electron chi connectivity index (χ1n) is 4.68. The molecule has 4 nitrogen and oxygen atoms in total. The van der Waals surface area contributed by atoms with Crippen molar-refractivity contribution >= 4 is 34.9 Å². The van der Waals surface area contributed by atoms with Crippen LogP contribution in [0.3, 0.4) is 0 Å². The first-order chi connectivity index (χ1) is 7.52. The summed E-state index contributed by atoms with van der Waals surface area (Å²) in [5, 5.41) is 12.4. The molecule has 1 aromatic carbocycles. The first-order valence-corrected chi connectivity index (χ1v) is 5.44. The SMILES string of the molecule is NC(CCNc1cccc(Cl)c1Cl)C(=O)O. The van der Waals surface area contributed by atoms with Crippen LogP contribution in [0.4, 0.5) is 5.69 Å². The number of carboxylic acids is 1. The van der Waals surface area contributed by atoms with E-state index in [-0.39, 0.29) is 0 Å². The van der Waals surface area contributed by atoms with Crippen molar-refractivity contribution in [2.45, 2.75) is 12.5 Å². The molecule has 0 amide bonds. The average molecular weight is 263 g/mol. The molecule has 0 aromatic heterocycles. The Morgan fingerprint density at radius 1 is 1.50 bits per heavy atom. The zero-order chi connectivity index (χ0) is 12.1. The molecule has 1 rings (SSSR count). The van der Waals surface area contributed by atoms with Crippen LogP contribution in [-0.2, 0) is 4.79 Å². The largest absolute Gasteiger partial charge is 0.480 e. The zero-order valence-corrected chi connectivity index (χ0v) is 9.92. The lowest BCUT2D eigenvalue weighted by Crippen LogP contribution is -2.32. The van der Waals surface area contributed by atoms with Gasteiger partial charge in [-0.1, -0.05) is 29.3 Å². The van der Waals surface area contributed by atoms with E-state index in [2.05, 4.69) is 5.32 Å². The average Bonchev–Trinajstić information content (AvgIpc) is 2.24. The summed E-state index contributed by atoms with van der Waals surface area (Å²) in [6, 6.07) is 4.33. The Morgan fingerprint density at radius 3 is 2.81 bits per heavy atom. The van der Waals surface area contributed by atoms with E-state index in [0.717, 1.165) is 0 Å². The first kappa shape index (κ1) is 13.1. The van der Waals surface area contributed by atoms with Gasteiger partial charge >= 0.3 is 5.97 Å². The molecule has 0 radical (unpaired) electrons. The molecule has 0 saturated heterocycles. The molecule has 16 heavy (non-hydrogen) atoms. The molecule has 0 fully saturated rings. The van der Waals surface area contributed by atoms with Gasteiger partial charge in [-0.2, -0.15) is 0 Å². The molecule has 0 spiro atoms. The predicted octanol–water partition coefficient (Wildman–Crippen LogP) is 2.21. The zero-order valence-electron chi connectivity index (χ0n) is 8.41. The second-order valence-electron chi connectivity index (χ2n) is 3.26. The fraction of sp³-hybridized carbons (Fsp3) is 0.300. The van der Waals surface area contributed by atoms with E-state index in [0.29, 0.717) is 28.7 Å². The second-order valence-corrected chi connectivity index (χ2v) is 4.05. The molecule has 0 aliphatic rings. The van der Waals surface area contributed by atoms with Gasteiger partial charge in [0.1, 0.15) is 6.04 Å². The number of nitrogens with one attached hydrogen (secondary N) is 1. The Balaban J connectivity index is 2.49. The Hall–Kier alpha value is -0.970. The topological polar surface area (TPSA) is 75.3 Å². The molecular formula is C10H12Cl2N2O2. The second kappa shape index (κ2) is 5.94. The third-order valence-electron chi connectivity index (χ3n) is 2.04. The van der Waals surface area contributed by atoms with Crippen molar-refractivity contribution in [3.8, 4) is 0 Å². The highest BCUT2D eigenvalue weighted by atomic mass is 35.5. The van der Waals surface area contributed by atoms with Gasteiger partial charge in [0.15, 0.2) is 0 Å². The van der Waals surface area contributed by atoms with Gasteiger partial charge in [-0.3, -0.25) is 4.79 Å². The Bertz CT molecular complexity index is 385. The van der Waals surface area contributed by atoms with Gasteiger partial charge in [0.2, 0.25) is 0 Å². The summed E-state index contributed by atoms with van der Waals surface area (Å²) in [5.74, 6) is -1.01. The van der Waals surface area contributed by atoms with E-state index in [9.17, 15) is 4.79 Å². The van der Waals surface area contributed by atoms with Crippen molar-refractivity contribution in [1.82, 2.24) is 0 Å². The van der Waals surface area contributed by atoms with Crippen molar-refractivity contribution in [3.63, 3.8) is 0 Å². The Kier molecular flexibility index (Phi) is 4.86. The van der Waals surface area contributed by atoms with E-state index in [4.69, 9.17) is 34.0 Å². The van der Waals surface area contributed by atoms with Gasteiger partial charge < -0.3 is 16.2 Å². The summed E-state index contributed by atoms with van der Waals surface area (Å²) >= 11 is 11.7. The van der Waals surface area contributed by atoms with Crippen LogP contribution in [0.2, 0.25) is 10.0 Å². The van der Waals surface area contributed by atoms with Crippen molar-refractivity contribution in [2.75, 3.05) is 11.9 Å². The fourth-order valence-electron chi connectivity index (χ4n) is 1.13. The number of aliphatic carboxylic acids is 1. The normalized spacial score (nSPS) is 12.2.